The molecule has 0 rings (SSSR count). The van der Waals surface area contributed by atoms with Gasteiger partial charge in [0.2, 0.25) is 0 Å². The number of rotatable bonds is 45. The molecule has 0 amide bonds. The van der Waals surface area contributed by atoms with Crippen molar-refractivity contribution in [2.75, 3.05) is 26.4 Å². The second-order valence-corrected chi connectivity index (χ2v) is 17.6. The van der Waals surface area contributed by atoms with Gasteiger partial charge in [-0.25, -0.2) is 4.57 Å². The van der Waals surface area contributed by atoms with Crippen LogP contribution in [0.3, 0.4) is 0 Å². The van der Waals surface area contributed by atoms with Crippen molar-refractivity contribution in [3.8, 4) is 0 Å². The quantitative estimate of drug-likeness (QED) is 0.0177. The zero-order valence-electron chi connectivity index (χ0n) is 39.2. The van der Waals surface area contributed by atoms with Gasteiger partial charge in [0.25, 0.3) is 0 Å². The molecule has 0 saturated carbocycles. The van der Waals surface area contributed by atoms with Gasteiger partial charge < -0.3 is 25.2 Å². The van der Waals surface area contributed by atoms with E-state index in [-0.39, 0.29) is 39.0 Å². The lowest BCUT2D eigenvalue weighted by molar-refractivity contribution is -0.161. The summed E-state index contributed by atoms with van der Waals surface area (Å²) in [7, 11) is -4.45. The molecule has 3 atom stereocenters. The lowest BCUT2D eigenvalue weighted by Gasteiger charge is -2.20. The zero-order chi connectivity index (χ0) is 45.5. The van der Waals surface area contributed by atoms with E-state index in [1.54, 1.807) is 12.2 Å². The normalized spacial score (nSPS) is 14.3. The Morgan fingerprint density at radius 1 is 0.565 bits per heavy atom. The van der Waals surface area contributed by atoms with Crippen molar-refractivity contribution in [1.82, 2.24) is 0 Å². The van der Waals surface area contributed by atoms with E-state index in [1.807, 2.05) is 12.2 Å². The van der Waals surface area contributed by atoms with Crippen LogP contribution in [0.15, 0.2) is 72.9 Å². The van der Waals surface area contributed by atoms with Gasteiger partial charge in [0.05, 0.1) is 19.3 Å². The number of hydrogen-bond donors (Lipinski definition) is 3. The van der Waals surface area contributed by atoms with Crippen LogP contribution in [0.25, 0.3) is 0 Å². The van der Waals surface area contributed by atoms with Crippen molar-refractivity contribution >= 4 is 19.8 Å². The van der Waals surface area contributed by atoms with Crippen molar-refractivity contribution < 1.29 is 42.7 Å². The Hall–Kier alpha value is -2.59. The van der Waals surface area contributed by atoms with Crippen LogP contribution in [0.4, 0.5) is 0 Å². The molecule has 10 nitrogen and oxygen atoms in total. The number of ether oxygens (including phenoxy) is 2. The van der Waals surface area contributed by atoms with Gasteiger partial charge in [-0.2, -0.15) is 0 Å². The maximum absolute atomic E-state index is 12.6. The standard InChI is InChI=1S/C51H90NO9P/c1-3-5-7-9-11-13-15-17-19-21-22-23-24-25-27-29-31-33-35-37-39-41-50(54)58-46-49(47-60-62(56,57)59-45-44-52)61-51(55)43-42-48(53)40-38-36-34-32-30-28-26-20-18-16-14-12-10-8-6-4-2/h6,8,12,14,18,20,28,30,34,36,38,40,48-49,53H,3-5,7,9-11,13,15-17,19,21-27,29,31-33,35,37,39,41-47,52H2,1-2H3,(H,56,57)/b8-6-,14-12-,20-18-,30-28-,36-34-,40-38-/t48?,49-/m1/s1. The summed E-state index contributed by atoms with van der Waals surface area (Å²) in [5.74, 6) is -1.11. The van der Waals surface area contributed by atoms with E-state index in [4.69, 9.17) is 24.3 Å². The van der Waals surface area contributed by atoms with Crippen molar-refractivity contribution in [2.45, 2.75) is 212 Å². The number of nitrogens with two attached hydrogens (primary N) is 1. The summed E-state index contributed by atoms with van der Waals surface area (Å²) in [6.45, 7) is 3.36. The van der Waals surface area contributed by atoms with Gasteiger partial charge in [-0.1, -0.05) is 215 Å². The van der Waals surface area contributed by atoms with Gasteiger partial charge >= 0.3 is 19.8 Å². The molecule has 0 aliphatic rings. The number of phosphoric ester groups is 1. The van der Waals surface area contributed by atoms with E-state index >= 15 is 0 Å². The molecule has 0 bridgehead atoms. The van der Waals surface area contributed by atoms with E-state index in [2.05, 4.69) is 62.5 Å². The molecule has 0 aromatic heterocycles. The minimum Gasteiger partial charge on any atom is -0.462 e. The highest BCUT2D eigenvalue weighted by Gasteiger charge is 2.26. The average molecular weight is 892 g/mol. The number of aliphatic hydroxyl groups excluding tert-OH is 1. The number of phosphoric acid groups is 1. The highest BCUT2D eigenvalue weighted by Crippen LogP contribution is 2.43. The molecule has 2 unspecified atom stereocenters. The summed E-state index contributed by atoms with van der Waals surface area (Å²) in [4.78, 5) is 35.0. The fourth-order valence-corrected chi connectivity index (χ4v) is 7.33. The van der Waals surface area contributed by atoms with E-state index in [0.717, 1.165) is 51.4 Å². The maximum atomic E-state index is 12.6. The molecule has 0 aliphatic heterocycles. The molecule has 11 heteroatoms. The van der Waals surface area contributed by atoms with Gasteiger partial charge in [-0.3, -0.25) is 18.6 Å². The number of unbranched alkanes of at least 4 members (excludes halogenated alkanes) is 20. The Kier molecular flexibility index (Phi) is 44.5. The topological polar surface area (TPSA) is 155 Å². The summed E-state index contributed by atoms with van der Waals surface area (Å²) in [5.41, 5.74) is 5.35. The first kappa shape index (κ1) is 59.4. The first-order valence-electron chi connectivity index (χ1n) is 24.5. The minimum atomic E-state index is -4.45. The molecule has 62 heavy (non-hydrogen) atoms. The number of allylic oxidation sites excluding steroid dienone is 11. The van der Waals surface area contributed by atoms with Crippen LogP contribution >= 0.6 is 7.82 Å². The monoisotopic (exact) mass is 892 g/mol. The average Bonchev–Trinajstić information content (AvgIpc) is 3.26. The molecular formula is C51H90NO9P. The maximum Gasteiger partial charge on any atom is 0.472 e. The van der Waals surface area contributed by atoms with E-state index < -0.39 is 38.6 Å². The van der Waals surface area contributed by atoms with Crippen LogP contribution < -0.4 is 5.73 Å². The van der Waals surface area contributed by atoms with Gasteiger partial charge in [-0.15, -0.1) is 0 Å². The molecule has 0 aromatic carbocycles. The van der Waals surface area contributed by atoms with Crippen molar-refractivity contribution in [1.29, 1.82) is 0 Å². The third kappa shape index (κ3) is 45.4. The van der Waals surface area contributed by atoms with Gasteiger partial charge in [0, 0.05) is 19.4 Å². The first-order valence-corrected chi connectivity index (χ1v) is 26.0. The summed E-state index contributed by atoms with van der Waals surface area (Å²) in [6.07, 6.45) is 54.1. The van der Waals surface area contributed by atoms with Crippen LogP contribution in [0.1, 0.15) is 200 Å². The highest BCUT2D eigenvalue weighted by molar-refractivity contribution is 7.47. The third-order valence-electron chi connectivity index (χ3n) is 10.2. The SMILES string of the molecule is CC/C=C\C/C=C\C/C=C\C/C=C\C/C=C\C=C/C(O)CCC(=O)O[C@H](COC(=O)CCCCCCCCCCCCCCCCCCCCCCC)COP(=O)(O)OCCN. The molecule has 0 aliphatic carbocycles. The second kappa shape index (κ2) is 46.4. The smallest absolute Gasteiger partial charge is 0.462 e. The van der Waals surface area contributed by atoms with Gasteiger partial charge in [0.1, 0.15) is 6.61 Å². The van der Waals surface area contributed by atoms with Crippen molar-refractivity contribution in [3.63, 3.8) is 0 Å². The van der Waals surface area contributed by atoms with E-state index in [0.29, 0.717) is 6.42 Å². The van der Waals surface area contributed by atoms with Crippen LogP contribution in [0, 0.1) is 0 Å². The predicted octanol–water partition coefficient (Wildman–Crippen LogP) is 13.6. The molecular weight excluding hydrogens is 802 g/mol. The number of hydrogen-bond acceptors (Lipinski definition) is 9. The Morgan fingerprint density at radius 3 is 1.48 bits per heavy atom. The Labute approximate surface area is 378 Å². The number of esters is 2. The predicted molar refractivity (Wildman–Crippen MR) is 258 cm³/mol. The molecule has 0 fully saturated rings. The van der Waals surface area contributed by atoms with Crippen LogP contribution in [-0.4, -0.2) is 60.5 Å². The molecule has 358 valence electrons. The van der Waals surface area contributed by atoms with Crippen molar-refractivity contribution in [3.05, 3.63) is 72.9 Å². The largest absolute Gasteiger partial charge is 0.472 e. The summed E-state index contributed by atoms with van der Waals surface area (Å²) in [6, 6.07) is 0. The zero-order valence-corrected chi connectivity index (χ0v) is 40.1. The van der Waals surface area contributed by atoms with Crippen LogP contribution in [0.2, 0.25) is 0 Å². The number of aliphatic hydroxyl groups is 1. The first-order chi connectivity index (χ1) is 30.2. The minimum absolute atomic E-state index is 0.0152. The van der Waals surface area contributed by atoms with Crippen LogP contribution in [0.5, 0.6) is 0 Å². The lowest BCUT2D eigenvalue weighted by atomic mass is 10.0. The molecule has 0 radical (unpaired) electrons. The summed E-state index contributed by atoms with van der Waals surface area (Å²) in [5, 5.41) is 10.3. The Balaban J connectivity index is 4.26. The Morgan fingerprint density at radius 2 is 1.02 bits per heavy atom. The fraction of sp³-hybridized carbons (Fsp3) is 0.725. The number of carbonyl (C=O) groups excluding carboxylic acids is 2. The lowest BCUT2D eigenvalue weighted by Crippen LogP contribution is -2.30. The molecule has 0 saturated heterocycles. The van der Waals surface area contributed by atoms with Crippen LogP contribution in [-0.2, 0) is 32.7 Å². The van der Waals surface area contributed by atoms with Crippen molar-refractivity contribution in [2.24, 2.45) is 5.73 Å². The van der Waals surface area contributed by atoms with E-state index in [1.165, 1.54) is 109 Å². The molecule has 0 spiro atoms. The second-order valence-electron chi connectivity index (χ2n) is 16.2. The summed E-state index contributed by atoms with van der Waals surface area (Å²) >= 11 is 0. The third-order valence-corrected chi connectivity index (χ3v) is 11.2. The number of carbonyl (C=O) groups is 2. The van der Waals surface area contributed by atoms with E-state index in [9.17, 15) is 24.2 Å². The molecule has 4 N–H and O–H groups in total. The molecule has 0 heterocycles. The van der Waals surface area contributed by atoms with Gasteiger partial charge in [0.15, 0.2) is 6.10 Å². The fourth-order valence-electron chi connectivity index (χ4n) is 6.57. The Bertz CT molecular complexity index is 1260. The molecule has 0 aromatic rings. The highest BCUT2D eigenvalue weighted by atomic mass is 31.2. The summed E-state index contributed by atoms with van der Waals surface area (Å²) < 4.78 is 32.7. The van der Waals surface area contributed by atoms with Gasteiger partial charge in [-0.05, 0) is 44.9 Å².